The van der Waals surface area contributed by atoms with Gasteiger partial charge in [-0.15, -0.1) is 0 Å². The van der Waals surface area contributed by atoms with E-state index in [2.05, 4.69) is 17.2 Å². The smallest absolute Gasteiger partial charge is 0.130 e. The minimum atomic E-state index is -0.101. The number of benzene rings is 1. The molecule has 1 aromatic carbocycles. The number of hydrogen-bond donors (Lipinski definition) is 2. The van der Waals surface area contributed by atoms with Crippen LogP contribution < -0.4 is 11.6 Å². The maximum Gasteiger partial charge on any atom is 0.130 e. The first-order valence-electron chi connectivity index (χ1n) is 5.39. The molecular weight excluding hydrogens is 186 g/mol. The molecule has 1 aliphatic rings. The third kappa shape index (κ3) is 1.58. The van der Waals surface area contributed by atoms with Crippen LogP contribution in [-0.4, -0.2) is 5.84 Å². The van der Waals surface area contributed by atoms with Gasteiger partial charge in [-0.25, -0.2) is 0 Å². The molecule has 0 unspecified atom stereocenters. The van der Waals surface area contributed by atoms with Gasteiger partial charge in [0.25, 0.3) is 0 Å². The molecule has 0 atom stereocenters. The first-order valence-corrected chi connectivity index (χ1v) is 5.39. The summed E-state index contributed by atoms with van der Waals surface area (Å²) in [7, 11) is 0. The highest BCUT2D eigenvalue weighted by atomic mass is 15.2. The first-order chi connectivity index (χ1) is 7.29. The van der Waals surface area contributed by atoms with Crippen LogP contribution in [0.25, 0.3) is 0 Å². The molecule has 1 fully saturated rings. The fourth-order valence-corrected chi connectivity index (χ4v) is 2.55. The highest BCUT2D eigenvalue weighted by Crippen LogP contribution is 2.41. The van der Waals surface area contributed by atoms with Gasteiger partial charge in [-0.3, -0.25) is 0 Å². The van der Waals surface area contributed by atoms with Crippen molar-refractivity contribution in [3.63, 3.8) is 0 Å². The summed E-state index contributed by atoms with van der Waals surface area (Å²) in [6, 6.07) is 10.3. The largest absolute Gasteiger partial charge is 0.385 e. The average Bonchev–Trinajstić information content (AvgIpc) is 2.79. The summed E-state index contributed by atoms with van der Waals surface area (Å²) in [5, 5.41) is 3.71. The number of nitrogens with two attached hydrogens (primary N) is 2. The van der Waals surface area contributed by atoms with Gasteiger partial charge < -0.3 is 11.6 Å². The Hall–Kier alpha value is -1.51. The Kier molecular flexibility index (Phi) is 2.62. The third-order valence-corrected chi connectivity index (χ3v) is 3.41. The van der Waals surface area contributed by atoms with E-state index in [0.717, 1.165) is 12.8 Å². The van der Waals surface area contributed by atoms with Gasteiger partial charge in [-0.05, 0) is 18.4 Å². The number of nitrogens with zero attached hydrogens (tertiary/aromatic N) is 1. The number of amidine groups is 1. The highest BCUT2D eigenvalue weighted by molar-refractivity contribution is 5.91. The SMILES string of the molecule is NN=C(N)C1(c2ccccc2)CCCC1. The van der Waals surface area contributed by atoms with Gasteiger partial charge in [0.15, 0.2) is 0 Å². The van der Waals surface area contributed by atoms with Crippen molar-refractivity contribution in [1.82, 2.24) is 0 Å². The molecule has 3 nitrogen and oxygen atoms in total. The molecule has 2 rings (SSSR count). The van der Waals surface area contributed by atoms with Crippen molar-refractivity contribution in [3.05, 3.63) is 35.9 Å². The van der Waals surface area contributed by atoms with Crippen LogP contribution in [-0.2, 0) is 5.41 Å². The van der Waals surface area contributed by atoms with Crippen LogP contribution >= 0.6 is 0 Å². The molecule has 80 valence electrons. The maximum absolute atomic E-state index is 5.97. The summed E-state index contributed by atoms with van der Waals surface area (Å²) < 4.78 is 0. The van der Waals surface area contributed by atoms with E-state index in [0.29, 0.717) is 5.84 Å². The predicted molar refractivity (Wildman–Crippen MR) is 62.4 cm³/mol. The average molecular weight is 203 g/mol. The second-order valence-corrected chi connectivity index (χ2v) is 4.17. The van der Waals surface area contributed by atoms with E-state index < -0.39 is 0 Å². The summed E-state index contributed by atoms with van der Waals surface area (Å²) in [5.41, 5.74) is 7.11. The molecule has 0 amide bonds. The zero-order valence-corrected chi connectivity index (χ0v) is 8.82. The number of rotatable bonds is 2. The van der Waals surface area contributed by atoms with E-state index in [1.54, 1.807) is 0 Å². The lowest BCUT2D eigenvalue weighted by Gasteiger charge is -2.28. The van der Waals surface area contributed by atoms with Crippen molar-refractivity contribution in [3.8, 4) is 0 Å². The first kappa shape index (κ1) is 10.0. The third-order valence-electron chi connectivity index (χ3n) is 3.41. The standard InChI is InChI=1S/C12H17N3/c13-11(15-14)12(8-4-5-9-12)10-6-2-1-3-7-10/h1-3,6-7H,4-5,8-9,14H2,(H2,13,15). The molecule has 1 aliphatic carbocycles. The van der Waals surface area contributed by atoms with Crippen LogP contribution in [0.2, 0.25) is 0 Å². The lowest BCUT2D eigenvalue weighted by Crippen LogP contribution is -2.39. The minimum Gasteiger partial charge on any atom is -0.385 e. The zero-order valence-electron chi connectivity index (χ0n) is 8.82. The van der Waals surface area contributed by atoms with Gasteiger partial charge in [-0.1, -0.05) is 43.2 Å². The van der Waals surface area contributed by atoms with Gasteiger partial charge in [0, 0.05) is 0 Å². The molecule has 3 heteroatoms. The van der Waals surface area contributed by atoms with E-state index >= 15 is 0 Å². The molecule has 0 aliphatic heterocycles. The molecule has 1 aromatic rings. The zero-order chi connectivity index (χ0) is 10.7. The molecule has 0 spiro atoms. The Balaban J connectivity index is 2.44. The van der Waals surface area contributed by atoms with Crippen LogP contribution in [0.1, 0.15) is 31.2 Å². The summed E-state index contributed by atoms with van der Waals surface area (Å²) in [5.74, 6) is 5.91. The Bertz CT molecular complexity index is 350. The Labute approximate surface area is 90.2 Å². The highest BCUT2D eigenvalue weighted by Gasteiger charge is 2.39. The molecule has 1 saturated carbocycles. The van der Waals surface area contributed by atoms with Gasteiger partial charge >= 0.3 is 0 Å². The van der Waals surface area contributed by atoms with E-state index in [9.17, 15) is 0 Å². The fraction of sp³-hybridized carbons (Fsp3) is 0.417. The molecular formula is C12H17N3. The van der Waals surface area contributed by atoms with Crippen LogP contribution in [0.3, 0.4) is 0 Å². The van der Waals surface area contributed by atoms with Crippen molar-refractivity contribution in [1.29, 1.82) is 0 Å². The summed E-state index contributed by atoms with van der Waals surface area (Å²) in [6.45, 7) is 0. The minimum absolute atomic E-state index is 0.101. The number of hydrazone groups is 1. The monoisotopic (exact) mass is 203 g/mol. The molecule has 0 bridgehead atoms. The fourth-order valence-electron chi connectivity index (χ4n) is 2.55. The normalized spacial score (nSPS) is 20.4. The Morgan fingerprint density at radius 2 is 1.73 bits per heavy atom. The van der Waals surface area contributed by atoms with Gasteiger partial charge in [0.1, 0.15) is 5.84 Å². The van der Waals surface area contributed by atoms with Crippen molar-refractivity contribution < 1.29 is 0 Å². The molecule has 4 N–H and O–H groups in total. The van der Waals surface area contributed by atoms with Crippen LogP contribution in [0.5, 0.6) is 0 Å². The Morgan fingerprint density at radius 1 is 1.13 bits per heavy atom. The molecule has 0 radical (unpaired) electrons. The quantitative estimate of drug-likeness (QED) is 0.333. The van der Waals surface area contributed by atoms with Crippen LogP contribution in [0.4, 0.5) is 0 Å². The van der Waals surface area contributed by atoms with Crippen molar-refractivity contribution in [2.75, 3.05) is 0 Å². The number of hydrogen-bond acceptors (Lipinski definition) is 2. The second-order valence-electron chi connectivity index (χ2n) is 4.17. The van der Waals surface area contributed by atoms with E-state index in [-0.39, 0.29) is 5.41 Å². The Morgan fingerprint density at radius 3 is 2.27 bits per heavy atom. The summed E-state index contributed by atoms with van der Waals surface area (Å²) >= 11 is 0. The molecule has 0 aromatic heterocycles. The molecule has 0 saturated heterocycles. The lowest BCUT2D eigenvalue weighted by atomic mass is 9.78. The van der Waals surface area contributed by atoms with E-state index in [1.807, 2.05) is 18.2 Å². The van der Waals surface area contributed by atoms with Gasteiger partial charge in [0.2, 0.25) is 0 Å². The van der Waals surface area contributed by atoms with E-state index in [4.69, 9.17) is 11.6 Å². The lowest BCUT2D eigenvalue weighted by molar-refractivity contribution is 0.591. The molecule has 0 heterocycles. The van der Waals surface area contributed by atoms with Gasteiger partial charge in [0.05, 0.1) is 5.41 Å². The van der Waals surface area contributed by atoms with E-state index in [1.165, 1.54) is 18.4 Å². The molecule has 15 heavy (non-hydrogen) atoms. The van der Waals surface area contributed by atoms with Crippen molar-refractivity contribution in [2.45, 2.75) is 31.1 Å². The maximum atomic E-state index is 5.97. The predicted octanol–water partition coefficient (Wildman–Crippen LogP) is 1.73. The van der Waals surface area contributed by atoms with Crippen LogP contribution in [0, 0.1) is 0 Å². The summed E-state index contributed by atoms with van der Waals surface area (Å²) in [4.78, 5) is 0. The van der Waals surface area contributed by atoms with Crippen LogP contribution in [0.15, 0.2) is 35.4 Å². The van der Waals surface area contributed by atoms with Gasteiger partial charge in [-0.2, -0.15) is 5.10 Å². The topological polar surface area (TPSA) is 64.4 Å². The summed E-state index contributed by atoms with van der Waals surface area (Å²) in [6.07, 6.45) is 4.52. The van der Waals surface area contributed by atoms with Crippen molar-refractivity contribution in [2.24, 2.45) is 16.7 Å². The van der Waals surface area contributed by atoms with Crippen molar-refractivity contribution >= 4 is 5.84 Å². The second kappa shape index (κ2) is 3.93.